The average molecular weight is 199 g/mol. The Morgan fingerprint density at radius 1 is 1.50 bits per heavy atom. The Balaban J connectivity index is 2.27. The van der Waals surface area contributed by atoms with Crippen LogP contribution in [-0.4, -0.2) is 35.0 Å². The number of nitrogens with zero attached hydrogens (tertiary/aromatic N) is 1. The molecule has 1 aliphatic rings. The number of carbonyl (C=O) groups excluding carboxylic acids is 1. The molecule has 1 rings (SSSR count). The van der Waals surface area contributed by atoms with Crippen LogP contribution in [-0.2, 0) is 9.59 Å². The number of hydrogen-bond acceptors (Lipinski definition) is 2. The zero-order valence-electron chi connectivity index (χ0n) is 8.53. The summed E-state index contributed by atoms with van der Waals surface area (Å²) in [5.41, 5.74) is 0. The molecule has 80 valence electrons. The van der Waals surface area contributed by atoms with Crippen LogP contribution in [0.1, 0.15) is 32.6 Å². The molecule has 0 saturated carbocycles. The summed E-state index contributed by atoms with van der Waals surface area (Å²) in [5, 5.41) is 8.51. The Bertz CT molecular complexity index is 227. The van der Waals surface area contributed by atoms with Crippen molar-refractivity contribution in [1.29, 1.82) is 0 Å². The molecule has 0 radical (unpaired) electrons. The Morgan fingerprint density at radius 3 is 2.79 bits per heavy atom. The third-order valence-corrected chi connectivity index (χ3v) is 2.71. The van der Waals surface area contributed by atoms with E-state index < -0.39 is 5.97 Å². The van der Waals surface area contributed by atoms with Gasteiger partial charge in [0.25, 0.3) is 0 Å². The van der Waals surface area contributed by atoms with Crippen molar-refractivity contribution in [2.45, 2.75) is 32.6 Å². The fourth-order valence-corrected chi connectivity index (χ4v) is 1.85. The number of carbonyl (C=O) groups is 2. The molecule has 1 heterocycles. The first-order valence-corrected chi connectivity index (χ1v) is 5.13. The van der Waals surface area contributed by atoms with Crippen LogP contribution in [0, 0.1) is 5.92 Å². The van der Waals surface area contributed by atoms with E-state index >= 15 is 0 Å². The second-order valence-corrected chi connectivity index (χ2v) is 3.78. The Hall–Kier alpha value is -1.06. The van der Waals surface area contributed by atoms with Gasteiger partial charge in [0.2, 0.25) is 5.91 Å². The van der Waals surface area contributed by atoms with Gasteiger partial charge < -0.3 is 10.0 Å². The first-order valence-electron chi connectivity index (χ1n) is 5.13. The Morgan fingerprint density at radius 2 is 2.21 bits per heavy atom. The Kier molecular flexibility index (Phi) is 3.92. The van der Waals surface area contributed by atoms with Crippen molar-refractivity contribution in [3.63, 3.8) is 0 Å². The van der Waals surface area contributed by atoms with Crippen LogP contribution >= 0.6 is 0 Å². The number of carboxylic acids is 1. The van der Waals surface area contributed by atoms with E-state index in [1.54, 1.807) is 0 Å². The van der Waals surface area contributed by atoms with Gasteiger partial charge in [-0.25, -0.2) is 0 Å². The lowest BCUT2D eigenvalue weighted by atomic mass is 10.0. The maximum atomic E-state index is 11.3. The van der Waals surface area contributed by atoms with Crippen LogP contribution < -0.4 is 0 Å². The summed E-state index contributed by atoms with van der Waals surface area (Å²) in [7, 11) is 0. The van der Waals surface area contributed by atoms with Crippen molar-refractivity contribution in [2.24, 2.45) is 5.92 Å². The topological polar surface area (TPSA) is 57.6 Å². The smallest absolute Gasteiger partial charge is 0.303 e. The zero-order chi connectivity index (χ0) is 10.6. The number of hydrogen-bond donors (Lipinski definition) is 1. The third-order valence-electron chi connectivity index (χ3n) is 2.71. The second kappa shape index (κ2) is 4.98. The minimum absolute atomic E-state index is 0.183. The van der Waals surface area contributed by atoms with Crippen molar-refractivity contribution in [3.05, 3.63) is 0 Å². The van der Waals surface area contributed by atoms with Crippen molar-refractivity contribution in [3.8, 4) is 0 Å². The maximum Gasteiger partial charge on any atom is 0.303 e. The molecule has 1 unspecified atom stereocenters. The normalized spacial score (nSPS) is 21.2. The predicted octanol–water partition coefficient (Wildman–Crippen LogP) is 1.11. The van der Waals surface area contributed by atoms with Crippen molar-refractivity contribution in [2.75, 3.05) is 13.1 Å². The van der Waals surface area contributed by atoms with Crippen LogP contribution in [0.5, 0.6) is 0 Å². The molecule has 0 bridgehead atoms. The van der Waals surface area contributed by atoms with Crippen LogP contribution in [0.15, 0.2) is 0 Å². The minimum Gasteiger partial charge on any atom is -0.481 e. The third kappa shape index (κ3) is 3.01. The van der Waals surface area contributed by atoms with Gasteiger partial charge in [-0.05, 0) is 18.8 Å². The van der Waals surface area contributed by atoms with E-state index in [1.807, 2.05) is 11.8 Å². The molecular weight excluding hydrogens is 182 g/mol. The van der Waals surface area contributed by atoms with Crippen LogP contribution in [0.25, 0.3) is 0 Å². The van der Waals surface area contributed by atoms with Gasteiger partial charge in [0.1, 0.15) is 0 Å². The van der Waals surface area contributed by atoms with E-state index in [0.29, 0.717) is 18.8 Å². The SMILES string of the molecule is CCC(=O)N1CCC(CCC(=O)O)C1. The molecule has 4 nitrogen and oxygen atoms in total. The van der Waals surface area contributed by atoms with Gasteiger partial charge in [0.15, 0.2) is 0 Å². The predicted molar refractivity (Wildman–Crippen MR) is 51.8 cm³/mol. The standard InChI is InChI=1S/C10H17NO3/c1-2-9(12)11-6-5-8(7-11)3-4-10(13)14/h8H,2-7H2,1H3,(H,13,14). The summed E-state index contributed by atoms with van der Waals surface area (Å²) in [6, 6.07) is 0. The number of carboxylic acid groups (broad SMARTS) is 1. The number of likely N-dealkylation sites (tertiary alicyclic amines) is 1. The van der Waals surface area contributed by atoms with Crippen LogP contribution in [0.4, 0.5) is 0 Å². The molecule has 1 aliphatic heterocycles. The minimum atomic E-state index is -0.745. The summed E-state index contributed by atoms with van der Waals surface area (Å²) in [5.74, 6) is -0.172. The molecule has 0 aromatic carbocycles. The summed E-state index contributed by atoms with van der Waals surface area (Å²) in [6.45, 7) is 3.41. The first kappa shape index (κ1) is 11.0. The lowest BCUT2D eigenvalue weighted by molar-refractivity contribution is -0.137. The lowest BCUT2D eigenvalue weighted by Crippen LogP contribution is -2.27. The van der Waals surface area contributed by atoms with Gasteiger partial charge in [0.05, 0.1) is 0 Å². The molecule has 1 amide bonds. The molecule has 1 fully saturated rings. The summed E-state index contributed by atoms with van der Waals surface area (Å²) >= 11 is 0. The van der Waals surface area contributed by atoms with Gasteiger partial charge in [-0.15, -0.1) is 0 Å². The quantitative estimate of drug-likeness (QED) is 0.737. The van der Waals surface area contributed by atoms with E-state index in [-0.39, 0.29) is 12.3 Å². The maximum absolute atomic E-state index is 11.3. The molecule has 14 heavy (non-hydrogen) atoms. The fourth-order valence-electron chi connectivity index (χ4n) is 1.85. The molecule has 0 aliphatic carbocycles. The van der Waals surface area contributed by atoms with Gasteiger partial charge in [0, 0.05) is 25.9 Å². The lowest BCUT2D eigenvalue weighted by Gasteiger charge is -2.14. The summed E-state index contributed by atoms with van der Waals surface area (Å²) < 4.78 is 0. The largest absolute Gasteiger partial charge is 0.481 e. The van der Waals surface area contributed by atoms with E-state index in [9.17, 15) is 9.59 Å². The van der Waals surface area contributed by atoms with E-state index in [0.717, 1.165) is 19.5 Å². The van der Waals surface area contributed by atoms with Gasteiger partial charge in [-0.1, -0.05) is 6.92 Å². The summed E-state index contributed by atoms with van der Waals surface area (Å²) in [6.07, 6.45) is 2.42. The van der Waals surface area contributed by atoms with E-state index in [1.165, 1.54) is 0 Å². The monoisotopic (exact) mass is 199 g/mol. The first-order chi connectivity index (χ1) is 6.63. The molecule has 4 heteroatoms. The fraction of sp³-hybridized carbons (Fsp3) is 0.800. The molecule has 0 spiro atoms. The van der Waals surface area contributed by atoms with Crippen molar-refractivity contribution in [1.82, 2.24) is 4.90 Å². The highest BCUT2D eigenvalue weighted by molar-refractivity contribution is 5.76. The highest BCUT2D eigenvalue weighted by atomic mass is 16.4. The molecule has 0 aromatic heterocycles. The van der Waals surface area contributed by atoms with Crippen molar-refractivity contribution < 1.29 is 14.7 Å². The summed E-state index contributed by atoms with van der Waals surface area (Å²) in [4.78, 5) is 23.5. The van der Waals surface area contributed by atoms with Gasteiger partial charge in [-0.2, -0.15) is 0 Å². The zero-order valence-corrected chi connectivity index (χ0v) is 8.53. The molecular formula is C10H17NO3. The van der Waals surface area contributed by atoms with Crippen molar-refractivity contribution >= 4 is 11.9 Å². The highest BCUT2D eigenvalue weighted by Crippen LogP contribution is 2.21. The van der Waals surface area contributed by atoms with Gasteiger partial charge >= 0.3 is 5.97 Å². The number of amides is 1. The van der Waals surface area contributed by atoms with Gasteiger partial charge in [-0.3, -0.25) is 9.59 Å². The van der Waals surface area contributed by atoms with E-state index in [2.05, 4.69) is 0 Å². The average Bonchev–Trinajstić information content (AvgIpc) is 2.62. The number of aliphatic carboxylic acids is 1. The molecule has 1 atom stereocenters. The van der Waals surface area contributed by atoms with Crippen LogP contribution in [0.3, 0.4) is 0 Å². The van der Waals surface area contributed by atoms with E-state index in [4.69, 9.17) is 5.11 Å². The number of rotatable bonds is 4. The Labute approximate surface area is 83.9 Å². The molecule has 1 N–H and O–H groups in total. The van der Waals surface area contributed by atoms with Crippen LogP contribution in [0.2, 0.25) is 0 Å². The molecule has 1 saturated heterocycles. The highest BCUT2D eigenvalue weighted by Gasteiger charge is 2.25. The second-order valence-electron chi connectivity index (χ2n) is 3.78. The molecule has 0 aromatic rings.